The van der Waals surface area contributed by atoms with E-state index < -0.39 is 6.09 Å². The highest BCUT2D eigenvalue weighted by molar-refractivity contribution is 5.68. The summed E-state index contributed by atoms with van der Waals surface area (Å²) in [6.45, 7) is 4.50. The number of para-hydroxylation sites is 1. The molecule has 2 fully saturated rings. The van der Waals surface area contributed by atoms with Crippen molar-refractivity contribution in [3.8, 4) is 11.8 Å². The van der Waals surface area contributed by atoms with Crippen LogP contribution in [0.4, 0.5) is 14.9 Å². The first kappa shape index (κ1) is 19.4. The van der Waals surface area contributed by atoms with Crippen molar-refractivity contribution in [2.45, 2.75) is 19.4 Å². The van der Waals surface area contributed by atoms with E-state index in [1.54, 1.807) is 6.07 Å². The van der Waals surface area contributed by atoms with Gasteiger partial charge in [-0.1, -0.05) is 12.1 Å². The Morgan fingerprint density at radius 3 is 2.28 bits per heavy atom. The lowest BCUT2D eigenvalue weighted by Crippen LogP contribution is -2.50. The molecule has 2 aliphatic heterocycles. The highest BCUT2D eigenvalue weighted by Crippen LogP contribution is 2.29. The van der Waals surface area contributed by atoms with Gasteiger partial charge >= 0.3 is 6.09 Å². The van der Waals surface area contributed by atoms with E-state index in [0.29, 0.717) is 43.1 Å². The third-order valence-electron chi connectivity index (χ3n) is 5.48. The molecule has 0 saturated carbocycles. The summed E-state index contributed by atoms with van der Waals surface area (Å²) < 4.78 is 15.2. The Balaban J connectivity index is 1.36. The molecule has 2 N–H and O–H groups in total. The smallest absolute Gasteiger partial charge is 0.434 e. The van der Waals surface area contributed by atoms with Gasteiger partial charge in [0.1, 0.15) is 5.82 Å². The third kappa shape index (κ3) is 4.09. The van der Waals surface area contributed by atoms with Crippen LogP contribution in [0.3, 0.4) is 0 Å². The maximum absolute atomic E-state index is 14.5. The fourth-order valence-electron chi connectivity index (χ4n) is 3.94. The first-order valence-electron chi connectivity index (χ1n) is 9.84. The van der Waals surface area contributed by atoms with Crippen LogP contribution in [0.25, 0.3) is 0 Å². The molecule has 0 atom stereocenters. The zero-order valence-corrected chi connectivity index (χ0v) is 16.1. The molecule has 9 heteroatoms. The van der Waals surface area contributed by atoms with Crippen molar-refractivity contribution in [3.05, 3.63) is 41.7 Å². The molecule has 1 aromatic carbocycles. The molecule has 3 heterocycles. The predicted octanol–water partition coefficient (Wildman–Crippen LogP) is 2.00. The van der Waals surface area contributed by atoms with E-state index in [4.69, 9.17) is 4.84 Å². The second-order valence-corrected chi connectivity index (χ2v) is 7.41. The largest absolute Gasteiger partial charge is 0.492 e. The minimum atomic E-state index is -0.644. The molecule has 0 unspecified atom stereocenters. The van der Waals surface area contributed by atoms with Crippen molar-refractivity contribution in [1.82, 2.24) is 14.5 Å². The molecule has 4 rings (SSSR count). The van der Waals surface area contributed by atoms with Crippen LogP contribution >= 0.6 is 0 Å². The number of carbonyl (C=O) groups is 1. The highest BCUT2D eigenvalue weighted by Gasteiger charge is 2.26. The molecule has 2 aromatic rings. The van der Waals surface area contributed by atoms with Crippen LogP contribution in [0.15, 0.2) is 30.3 Å². The first-order valence-corrected chi connectivity index (χ1v) is 9.84. The lowest BCUT2D eigenvalue weighted by Gasteiger charge is -2.34. The Morgan fingerprint density at radius 1 is 0.966 bits per heavy atom. The quantitative estimate of drug-likeness (QED) is 0.811. The molecule has 0 bridgehead atoms. The monoisotopic (exact) mass is 404 g/mol. The maximum Gasteiger partial charge on any atom is 0.434 e. The summed E-state index contributed by atoms with van der Waals surface area (Å²) in [4.78, 5) is 23.2. The standard InChI is InChI=1S/C20H25FN4O4/c21-16-5-3-4-15(19(16)23-8-1-2-9-23)14-22-10-12-24(13-11-22)20(28)29-25-17(26)6-7-18(25)27/h3-7,26-27H,1-2,8-14H2. The minimum Gasteiger partial charge on any atom is -0.492 e. The first-order chi connectivity index (χ1) is 14.0. The topological polar surface area (TPSA) is 81.4 Å². The van der Waals surface area contributed by atoms with E-state index in [0.717, 1.165) is 31.5 Å². The SMILES string of the molecule is O=C(On1c(O)ccc1O)N1CCN(Cc2cccc(F)c2N2CCCC2)CC1. The second kappa shape index (κ2) is 8.20. The molecule has 29 heavy (non-hydrogen) atoms. The minimum absolute atomic E-state index is 0.182. The molecule has 2 saturated heterocycles. The molecule has 0 spiro atoms. The fraction of sp³-hybridized carbons (Fsp3) is 0.450. The van der Waals surface area contributed by atoms with Crippen molar-refractivity contribution in [3.63, 3.8) is 0 Å². The molecule has 0 aliphatic carbocycles. The molecule has 8 nitrogen and oxygen atoms in total. The van der Waals surface area contributed by atoms with Gasteiger partial charge in [0.05, 0.1) is 5.69 Å². The summed E-state index contributed by atoms with van der Waals surface area (Å²) in [5.74, 6) is -0.886. The number of hydrogen-bond donors (Lipinski definition) is 2. The maximum atomic E-state index is 14.5. The second-order valence-electron chi connectivity index (χ2n) is 7.41. The van der Waals surface area contributed by atoms with Crippen LogP contribution in [-0.4, -0.2) is 70.1 Å². The lowest BCUT2D eigenvalue weighted by atomic mass is 10.1. The molecular formula is C20H25FN4O4. The predicted molar refractivity (Wildman–Crippen MR) is 104 cm³/mol. The Bertz CT molecular complexity index is 854. The number of anilines is 1. The van der Waals surface area contributed by atoms with Crippen LogP contribution in [0.1, 0.15) is 18.4 Å². The summed E-state index contributed by atoms with van der Waals surface area (Å²) in [5, 5.41) is 19.2. The molecule has 0 radical (unpaired) electrons. The van der Waals surface area contributed by atoms with E-state index >= 15 is 0 Å². The summed E-state index contributed by atoms with van der Waals surface area (Å²) in [6, 6.07) is 7.69. The highest BCUT2D eigenvalue weighted by atomic mass is 19.1. The Hall–Kier alpha value is -2.94. The Labute approximate surface area is 168 Å². The number of halogens is 1. The Kier molecular flexibility index (Phi) is 5.48. The van der Waals surface area contributed by atoms with Gasteiger partial charge in [0.15, 0.2) is 0 Å². The van der Waals surface area contributed by atoms with Gasteiger partial charge < -0.3 is 24.9 Å². The molecule has 2 aliphatic rings. The summed E-state index contributed by atoms with van der Waals surface area (Å²) in [7, 11) is 0. The lowest BCUT2D eigenvalue weighted by molar-refractivity contribution is 0.0555. The molecule has 1 amide bonds. The van der Waals surface area contributed by atoms with Gasteiger partial charge in [0.25, 0.3) is 0 Å². The number of aromatic hydroxyl groups is 2. The van der Waals surface area contributed by atoms with Gasteiger partial charge in [-0.3, -0.25) is 4.90 Å². The van der Waals surface area contributed by atoms with E-state index in [2.05, 4.69) is 9.80 Å². The molecule has 1 aromatic heterocycles. The van der Waals surface area contributed by atoms with Crippen LogP contribution < -0.4 is 9.74 Å². The van der Waals surface area contributed by atoms with Crippen LogP contribution in [-0.2, 0) is 6.54 Å². The van der Waals surface area contributed by atoms with Gasteiger partial charge in [-0.2, -0.15) is 0 Å². The van der Waals surface area contributed by atoms with Crippen molar-refractivity contribution in [2.75, 3.05) is 44.2 Å². The van der Waals surface area contributed by atoms with Crippen molar-refractivity contribution in [2.24, 2.45) is 0 Å². The van der Waals surface area contributed by atoms with E-state index in [-0.39, 0.29) is 17.6 Å². The van der Waals surface area contributed by atoms with Crippen molar-refractivity contribution >= 4 is 11.8 Å². The molecular weight excluding hydrogens is 379 g/mol. The zero-order chi connectivity index (χ0) is 20.4. The number of nitrogens with zero attached hydrogens (tertiary/aromatic N) is 4. The average molecular weight is 404 g/mol. The average Bonchev–Trinajstić information content (AvgIpc) is 3.34. The fourth-order valence-corrected chi connectivity index (χ4v) is 3.94. The summed E-state index contributed by atoms with van der Waals surface area (Å²) >= 11 is 0. The number of aromatic nitrogens is 1. The normalized spacial score (nSPS) is 17.7. The number of benzene rings is 1. The molecule has 156 valence electrons. The van der Waals surface area contributed by atoms with E-state index in [9.17, 15) is 19.4 Å². The van der Waals surface area contributed by atoms with Crippen molar-refractivity contribution in [1.29, 1.82) is 0 Å². The van der Waals surface area contributed by atoms with Gasteiger partial charge in [0.2, 0.25) is 11.8 Å². The summed E-state index contributed by atoms with van der Waals surface area (Å²) in [6.07, 6.45) is 1.53. The van der Waals surface area contributed by atoms with E-state index in [1.807, 2.05) is 6.07 Å². The zero-order valence-electron chi connectivity index (χ0n) is 16.1. The number of amides is 1. The van der Waals surface area contributed by atoms with Crippen LogP contribution in [0.2, 0.25) is 0 Å². The van der Waals surface area contributed by atoms with Gasteiger partial charge in [0, 0.05) is 57.9 Å². The third-order valence-corrected chi connectivity index (χ3v) is 5.48. The van der Waals surface area contributed by atoms with Gasteiger partial charge in [-0.25, -0.2) is 9.18 Å². The number of hydrogen-bond acceptors (Lipinski definition) is 6. The summed E-state index contributed by atoms with van der Waals surface area (Å²) in [5.41, 5.74) is 1.66. The number of rotatable bonds is 4. The van der Waals surface area contributed by atoms with Gasteiger partial charge in [-0.15, -0.1) is 4.73 Å². The van der Waals surface area contributed by atoms with Gasteiger partial charge in [-0.05, 0) is 24.5 Å². The van der Waals surface area contributed by atoms with E-state index in [1.165, 1.54) is 23.1 Å². The number of carbonyl (C=O) groups excluding carboxylic acids is 1. The Morgan fingerprint density at radius 2 is 1.62 bits per heavy atom. The van der Waals surface area contributed by atoms with Crippen LogP contribution in [0, 0.1) is 5.82 Å². The van der Waals surface area contributed by atoms with Crippen LogP contribution in [0.5, 0.6) is 11.8 Å². The van der Waals surface area contributed by atoms with Crippen molar-refractivity contribution < 1.29 is 24.2 Å². The number of piperazine rings is 1.